The Bertz CT molecular complexity index is 333. The lowest BCUT2D eigenvalue weighted by atomic mass is 10.1. The molecule has 0 atom stereocenters. The molecule has 0 bridgehead atoms. The smallest absolute Gasteiger partial charge is 0.134 e. The van der Waals surface area contributed by atoms with E-state index >= 15 is 0 Å². The van der Waals surface area contributed by atoms with E-state index in [1.807, 2.05) is 0 Å². The Morgan fingerprint density at radius 3 is 2.94 bits per heavy atom. The summed E-state index contributed by atoms with van der Waals surface area (Å²) in [7, 11) is 0. The predicted octanol–water partition coefficient (Wildman–Crippen LogP) is 0.432. The summed E-state index contributed by atoms with van der Waals surface area (Å²) in [5, 5.41) is 11.7. The molecule has 1 aromatic heterocycles. The van der Waals surface area contributed by atoms with Gasteiger partial charge >= 0.3 is 0 Å². The molecule has 0 saturated heterocycles. The Labute approximate surface area is 101 Å². The summed E-state index contributed by atoms with van der Waals surface area (Å²) >= 11 is 0. The van der Waals surface area contributed by atoms with Crippen LogP contribution in [0.15, 0.2) is 6.33 Å². The van der Waals surface area contributed by atoms with Gasteiger partial charge in [0.1, 0.15) is 18.0 Å². The third-order valence-electron chi connectivity index (χ3n) is 2.25. The molecule has 6 heteroatoms. The van der Waals surface area contributed by atoms with Crippen LogP contribution in [-0.2, 0) is 11.2 Å². The molecule has 0 aromatic carbocycles. The van der Waals surface area contributed by atoms with Crippen LogP contribution in [0.1, 0.15) is 18.9 Å². The van der Waals surface area contributed by atoms with Crippen molar-refractivity contribution < 1.29 is 9.84 Å². The lowest BCUT2D eigenvalue weighted by Crippen LogP contribution is -2.14. The molecule has 4 N–H and O–H groups in total. The molecular formula is C11H20N4O2. The highest BCUT2D eigenvalue weighted by Gasteiger charge is 2.07. The standard InChI is InChI=1S/C11H20N4O2/c1-2-3-9-10(12)14-8-15-11(9)13-4-6-17-7-5-16/h8,16H,2-7H2,1H3,(H3,12,13,14,15). The van der Waals surface area contributed by atoms with Crippen molar-refractivity contribution in [1.29, 1.82) is 0 Å². The third kappa shape index (κ3) is 4.54. The van der Waals surface area contributed by atoms with Crippen LogP contribution < -0.4 is 11.1 Å². The van der Waals surface area contributed by atoms with Crippen molar-refractivity contribution in [2.75, 3.05) is 37.4 Å². The highest BCUT2D eigenvalue weighted by atomic mass is 16.5. The lowest BCUT2D eigenvalue weighted by molar-refractivity contribution is 0.0992. The highest BCUT2D eigenvalue weighted by Crippen LogP contribution is 2.18. The molecule has 0 saturated carbocycles. The van der Waals surface area contributed by atoms with Crippen molar-refractivity contribution in [2.24, 2.45) is 0 Å². The summed E-state index contributed by atoms with van der Waals surface area (Å²) in [6, 6.07) is 0. The van der Waals surface area contributed by atoms with Crippen molar-refractivity contribution in [1.82, 2.24) is 9.97 Å². The number of ether oxygens (including phenoxy) is 1. The van der Waals surface area contributed by atoms with E-state index in [2.05, 4.69) is 22.2 Å². The Morgan fingerprint density at radius 2 is 2.24 bits per heavy atom. The molecule has 0 amide bonds. The van der Waals surface area contributed by atoms with Crippen molar-refractivity contribution in [3.63, 3.8) is 0 Å². The van der Waals surface area contributed by atoms with E-state index in [0.29, 0.717) is 25.6 Å². The van der Waals surface area contributed by atoms with Gasteiger partial charge < -0.3 is 20.9 Å². The normalized spacial score (nSPS) is 10.5. The molecule has 0 radical (unpaired) electrons. The van der Waals surface area contributed by atoms with Gasteiger partial charge in [-0.25, -0.2) is 9.97 Å². The molecule has 0 spiro atoms. The van der Waals surface area contributed by atoms with Gasteiger partial charge in [-0.15, -0.1) is 0 Å². The zero-order valence-corrected chi connectivity index (χ0v) is 10.1. The first-order valence-corrected chi connectivity index (χ1v) is 5.81. The molecule has 0 fully saturated rings. The topological polar surface area (TPSA) is 93.3 Å². The number of nitrogens with zero attached hydrogens (tertiary/aromatic N) is 2. The fourth-order valence-electron chi connectivity index (χ4n) is 1.48. The molecule has 0 unspecified atom stereocenters. The number of hydrogen-bond acceptors (Lipinski definition) is 6. The molecule has 0 aliphatic rings. The number of nitrogens with one attached hydrogen (secondary N) is 1. The van der Waals surface area contributed by atoms with E-state index in [9.17, 15) is 0 Å². The number of aromatic nitrogens is 2. The lowest BCUT2D eigenvalue weighted by Gasteiger charge is -2.11. The summed E-state index contributed by atoms with van der Waals surface area (Å²) in [6.45, 7) is 3.64. The molecule has 0 aliphatic carbocycles. The summed E-state index contributed by atoms with van der Waals surface area (Å²) < 4.78 is 5.15. The SMILES string of the molecule is CCCc1c(N)ncnc1NCCOCCO. The first-order valence-electron chi connectivity index (χ1n) is 5.81. The fourth-order valence-corrected chi connectivity index (χ4v) is 1.48. The molecule has 96 valence electrons. The van der Waals surface area contributed by atoms with Crippen molar-refractivity contribution in [3.05, 3.63) is 11.9 Å². The van der Waals surface area contributed by atoms with Gasteiger partial charge in [0.05, 0.1) is 19.8 Å². The van der Waals surface area contributed by atoms with E-state index in [-0.39, 0.29) is 6.61 Å². The number of rotatable bonds is 8. The Kier molecular flexibility index (Phi) is 6.27. The van der Waals surface area contributed by atoms with E-state index in [4.69, 9.17) is 15.6 Å². The average Bonchev–Trinajstić information content (AvgIpc) is 2.33. The number of nitrogen functional groups attached to an aromatic ring is 1. The van der Waals surface area contributed by atoms with Crippen LogP contribution in [0.3, 0.4) is 0 Å². The van der Waals surface area contributed by atoms with Crippen LogP contribution >= 0.6 is 0 Å². The number of nitrogens with two attached hydrogens (primary N) is 1. The highest BCUT2D eigenvalue weighted by molar-refractivity contribution is 5.54. The summed E-state index contributed by atoms with van der Waals surface area (Å²) in [6.07, 6.45) is 3.30. The quantitative estimate of drug-likeness (QED) is 0.571. The monoisotopic (exact) mass is 240 g/mol. The second kappa shape index (κ2) is 7.81. The average molecular weight is 240 g/mol. The van der Waals surface area contributed by atoms with Crippen LogP contribution in [-0.4, -0.2) is 41.4 Å². The minimum Gasteiger partial charge on any atom is -0.394 e. The van der Waals surface area contributed by atoms with Gasteiger partial charge in [0.2, 0.25) is 0 Å². The van der Waals surface area contributed by atoms with Crippen molar-refractivity contribution in [3.8, 4) is 0 Å². The zero-order valence-electron chi connectivity index (χ0n) is 10.1. The molecule has 1 aromatic rings. The van der Waals surface area contributed by atoms with E-state index < -0.39 is 0 Å². The van der Waals surface area contributed by atoms with Crippen LogP contribution in [0.25, 0.3) is 0 Å². The third-order valence-corrected chi connectivity index (χ3v) is 2.25. The maximum Gasteiger partial charge on any atom is 0.134 e. The fraction of sp³-hybridized carbons (Fsp3) is 0.636. The van der Waals surface area contributed by atoms with Gasteiger partial charge in [0.15, 0.2) is 0 Å². The summed E-state index contributed by atoms with van der Waals surface area (Å²) in [5.74, 6) is 1.30. The zero-order chi connectivity index (χ0) is 12.5. The van der Waals surface area contributed by atoms with Crippen LogP contribution in [0.4, 0.5) is 11.6 Å². The number of hydrogen-bond donors (Lipinski definition) is 3. The van der Waals surface area contributed by atoms with Crippen LogP contribution in [0.5, 0.6) is 0 Å². The minimum atomic E-state index is 0.0432. The van der Waals surface area contributed by atoms with Crippen LogP contribution in [0.2, 0.25) is 0 Å². The second-order valence-corrected chi connectivity index (χ2v) is 3.60. The maximum absolute atomic E-state index is 8.55. The Balaban J connectivity index is 2.48. The van der Waals surface area contributed by atoms with Gasteiger partial charge in [0.25, 0.3) is 0 Å². The first-order chi connectivity index (χ1) is 8.29. The van der Waals surface area contributed by atoms with Crippen molar-refractivity contribution >= 4 is 11.6 Å². The molecule has 1 heterocycles. The molecule has 1 rings (SSSR count). The number of aliphatic hydroxyl groups excluding tert-OH is 1. The molecule has 6 nitrogen and oxygen atoms in total. The van der Waals surface area contributed by atoms with Gasteiger partial charge in [-0.2, -0.15) is 0 Å². The first kappa shape index (κ1) is 13.7. The van der Waals surface area contributed by atoms with Gasteiger partial charge in [-0.3, -0.25) is 0 Å². The number of anilines is 2. The molecular weight excluding hydrogens is 220 g/mol. The number of aliphatic hydroxyl groups is 1. The Hall–Kier alpha value is -1.40. The maximum atomic E-state index is 8.55. The molecule has 0 aliphatic heterocycles. The van der Waals surface area contributed by atoms with Crippen molar-refractivity contribution in [2.45, 2.75) is 19.8 Å². The van der Waals surface area contributed by atoms with Gasteiger partial charge in [0, 0.05) is 12.1 Å². The van der Waals surface area contributed by atoms with Crippen LogP contribution in [0, 0.1) is 0 Å². The van der Waals surface area contributed by atoms with E-state index in [0.717, 1.165) is 24.2 Å². The molecule has 17 heavy (non-hydrogen) atoms. The van der Waals surface area contributed by atoms with E-state index in [1.165, 1.54) is 6.33 Å². The largest absolute Gasteiger partial charge is 0.394 e. The summed E-state index contributed by atoms with van der Waals surface area (Å²) in [4.78, 5) is 8.15. The Morgan fingerprint density at radius 1 is 1.41 bits per heavy atom. The minimum absolute atomic E-state index is 0.0432. The van der Waals surface area contributed by atoms with Gasteiger partial charge in [-0.1, -0.05) is 13.3 Å². The predicted molar refractivity (Wildman–Crippen MR) is 66.8 cm³/mol. The van der Waals surface area contributed by atoms with E-state index in [1.54, 1.807) is 0 Å². The second-order valence-electron chi connectivity index (χ2n) is 3.60. The van der Waals surface area contributed by atoms with Gasteiger partial charge in [-0.05, 0) is 6.42 Å². The summed E-state index contributed by atoms with van der Waals surface area (Å²) in [5.41, 5.74) is 6.76.